The summed E-state index contributed by atoms with van der Waals surface area (Å²) in [4.78, 5) is 27.3. The van der Waals surface area contributed by atoms with Gasteiger partial charge in [-0.15, -0.1) is 0 Å². The van der Waals surface area contributed by atoms with Crippen molar-refractivity contribution in [2.24, 2.45) is 11.8 Å². The molecule has 1 saturated heterocycles. The Morgan fingerprint density at radius 3 is 2.69 bits per heavy atom. The van der Waals surface area contributed by atoms with E-state index < -0.39 is 0 Å². The lowest BCUT2D eigenvalue weighted by molar-refractivity contribution is -0.129. The molecule has 8 heteroatoms. The van der Waals surface area contributed by atoms with Crippen LogP contribution in [0.1, 0.15) is 70.0 Å². The third-order valence-corrected chi connectivity index (χ3v) is 7.47. The smallest absolute Gasteiger partial charge is 0.317 e. The molecular formula is C27H43ClN4O3. The third kappa shape index (κ3) is 8.96. The quantitative estimate of drug-likeness (QED) is 0.412. The van der Waals surface area contributed by atoms with Crippen LogP contribution in [-0.2, 0) is 9.53 Å². The lowest BCUT2D eigenvalue weighted by atomic mass is 9.85. The number of rotatable bonds is 11. The van der Waals surface area contributed by atoms with Crippen molar-refractivity contribution < 1.29 is 14.3 Å². The number of nitrogens with one attached hydrogen (secondary N) is 3. The average molecular weight is 507 g/mol. The van der Waals surface area contributed by atoms with Crippen molar-refractivity contribution in [3.63, 3.8) is 0 Å². The van der Waals surface area contributed by atoms with E-state index in [4.69, 9.17) is 16.3 Å². The number of likely N-dealkylation sites (tertiary alicyclic amines) is 1. The molecule has 0 radical (unpaired) electrons. The van der Waals surface area contributed by atoms with Gasteiger partial charge in [0.15, 0.2) is 0 Å². The molecule has 3 rings (SSSR count). The molecule has 196 valence electrons. The fourth-order valence-corrected chi connectivity index (χ4v) is 5.77. The maximum Gasteiger partial charge on any atom is 0.317 e. The Labute approximate surface area is 215 Å². The number of likely N-dealkylation sites (N-methyl/N-ethyl adjacent to an activating group) is 2. The predicted octanol–water partition coefficient (Wildman–Crippen LogP) is 4.51. The number of halogens is 1. The van der Waals surface area contributed by atoms with E-state index in [1.165, 1.54) is 32.1 Å². The molecular weight excluding hydrogens is 464 g/mol. The number of piperidine rings is 1. The van der Waals surface area contributed by atoms with Crippen LogP contribution in [0.25, 0.3) is 0 Å². The van der Waals surface area contributed by atoms with Gasteiger partial charge < -0.3 is 25.6 Å². The zero-order valence-electron chi connectivity index (χ0n) is 21.4. The number of hydrogen-bond donors (Lipinski definition) is 3. The van der Waals surface area contributed by atoms with E-state index in [0.717, 1.165) is 37.9 Å². The molecule has 1 aliphatic heterocycles. The summed E-state index contributed by atoms with van der Waals surface area (Å²) in [6.45, 7) is 4.54. The summed E-state index contributed by atoms with van der Waals surface area (Å²) < 4.78 is 6.15. The lowest BCUT2D eigenvalue weighted by Gasteiger charge is -2.38. The highest BCUT2D eigenvalue weighted by atomic mass is 35.5. The fraction of sp³-hybridized carbons (Fsp3) is 0.704. The summed E-state index contributed by atoms with van der Waals surface area (Å²) in [6.07, 6.45) is 9.05. The molecule has 3 amide bonds. The van der Waals surface area contributed by atoms with Crippen LogP contribution >= 0.6 is 11.6 Å². The van der Waals surface area contributed by atoms with Crippen LogP contribution in [0.15, 0.2) is 24.3 Å². The van der Waals surface area contributed by atoms with Gasteiger partial charge in [0.2, 0.25) is 5.91 Å². The number of carbonyl (C=O) groups is 2. The summed E-state index contributed by atoms with van der Waals surface area (Å²) in [5, 5.41) is 9.99. The van der Waals surface area contributed by atoms with Gasteiger partial charge in [-0.25, -0.2) is 4.79 Å². The van der Waals surface area contributed by atoms with Crippen molar-refractivity contribution in [2.75, 3.05) is 39.8 Å². The summed E-state index contributed by atoms with van der Waals surface area (Å²) in [5.41, 5.74) is 0.944. The number of carbonyl (C=O) groups excluding carboxylic acids is 2. The molecule has 35 heavy (non-hydrogen) atoms. The molecule has 2 fully saturated rings. The molecule has 1 aromatic rings. The van der Waals surface area contributed by atoms with Crippen molar-refractivity contribution in [3.05, 3.63) is 34.9 Å². The molecule has 1 aliphatic carbocycles. The Morgan fingerprint density at radius 2 is 1.97 bits per heavy atom. The second kappa shape index (κ2) is 14.7. The molecule has 1 heterocycles. The maximum atomic E-state index is 13.3. The van der Waals surface area contributed by atoms with Crippen LogP contribution in [0.2, 0.25) is 5.02 Å². The van der Waals surface area contributed by atoms with Crippen molar-refractivity contribution in [3.8, 4) is 0 Å². The summed E-state index contributed by atoms with van der Waals surface area (Å²) >= 11 is 6.27. The number of urea groups is 1. The Kier molecular flexibility index (Phi) is 11.6. The minimum absolute atomic E-state index is 0.000621. The molecule has 3 atom stereocenters. The number of ether oxygens (including phenoxy) is 1. The Balaban J connectivity index is 1.64. The summed E-state index contributed by atoms with van der Waals surface area (Å²) in [7, 11) is 1.94. The van der Waals surface area contributed by atoms with Crippen molar-refractivity contribution >= 4 is 23.5 Å². The minimum atomic E-state index is -0.303. The van der Waals surface area contributed by atoms with Gasteiger partial charge in [0.05, 0.1) is 6.10 Å². The topological polar surface area (TPSA) is 82.7 Å². The van der Waals surface area contributed by atoms with Crippen LogP contribution in [0.3, 0.4) is 0 Å². The standard InChI is InChI=1S/C27H43ClN4O3/c1-3-30-25(33)19-35-26(21-11-7-13-23(28)16-21)22-12-8-14-32(18-22)27(34)31-24(17-29-2)15-20-9-5-4-6-10-20/h7,11,13,16,20,22,24,26,29H,3-6,8-10,12,14-15,17-19H2,1-2H3,(H,30,33)(H,31,34)/t22-,24?,26+/m1/s1. The van der Waals surface area contributed by atoms with Crippen LogP contribution in [0.5, 0.6) is 0 Å². The monoisotopic (exact) mass is 506 g/mol. The molecule has 0 aromatic heterocycles. The first-order valence-corrected chi connectivity index (χ1v) is 13.7. The molecule has 7 nitrogen and oxygen atoms in total. The van der Waals surface area contributed by atoms with E-state index in [1.807, 2.05) is 43.1 Å². The molecule has 1 aromatic carbocycles. The normalized spacial score (nSPS) is 20.8. The zero-order chi connectivity index (χ0) is 25.0. The molecule has 0 spiro atoms. The maximum absolute atomic E-state index is 13.3. The van der Waals surface area contributed by atoms with Gasteiger partial charge >= 0.3 is 6.03 Å². The molecule has 1 unspecified atom stereocenters. The van der Waals surface area contributed by atoms with E-state index >= 15 is 0 Å². The lowest BCUT2D eigenvalue weighted by Crippen LogP contribution is -2.52. The fourth-order valence-electron chi connectivity index (χ4n) is 5.57. The van der Waals surface area contributed by atoms with Gasteiger partial charge in [0, 0.05) is 43.2 Å². The van der Waals surface area contributed by atoms with Crippen LogP contribution in [0.4, 0.5) is 4.79 Å². The van der Waals surface area contributed by atoms with Crippen LogP contribution in [0, 0.1) is 11.8 Å². The third-order valence-electron chi connectivity index (χ3n) is 7.24. The van der Waals surface area contributed by atoms with E-state index in [-0.39, 0.29) is 36.6 Å². The van der Waals surface area contributed by atoms with Gasteiger partial charge in [0.1, 0.15) is 6.61 Å². The van der Waals surface area contributed by atoms with E-state index in [9.17, 15) is 9.59 Å². The first-order chi connectivity index (χ1) is 17.0. The van der Waals surface area contributed by atoms with Crippen molar-refractivity contribution in [2.45, 2.75) is 70.4 Å². The van der Waals surface area contributed by atoms with Gasteiger partial charge in [-0.05, 0) is 56.8 Å². The summed E-state index contributed by atoms with van der Waals surface area (Å²) in [6, 6.07) is 7.76. The summed E-state index contributed by atoms with van der Waals surface area (Å²) in [5.74, 6) is 0.650. The second-order valence-corrected chi connectivity index (χ2v) is 10.5. The molecule has 3 N–H and O–H groups in total. The highest BCUT2D eigenvalue weighted by molar-refractivity contribution is 6.30. The first-order valence-electron chi connectivity index (χ1n) is 13.3. The largest absolute Gasteiger partial charge is 0.363 e. The van der Waals surface area contributed by atoms with E-state index in [1.54, 1.807) is 0 Å². The Hall–Kier alpha value is -1.83. The van der Waals surface area contributed by atoms with Crippen molar-refractivity contribution in [1.29, 1.82) is 0 Å². The van der Waals surface area contributed by atoms with E-state index in [0.29, 0.717) is 24.0 Å². The molecule has 1 saturated carbocycles. The first kappa shape index (κ1) is 27.8. The molecule has 0 bridgehead atoms. The highest BCUT2D eigenvalue weighted by Crippen LogP contribution is 2.34. The van der Waals surface area contributed by atoms with Crippen LogP contribution in [-0.4, -0.2) is 62.7 Å². The number of hydrogen-bond acceptors (Lipinski definition) is 4. The number of nitrogens with zero attached hydrogens (tertiary/aromatic N) is 1. The van der Waals surface area contributed by atoms with Gasteiger partial charge in [-0.3, -0.25) is 4.79 Å². The van der Waals surface area contributed by atoms with E-state index in [2.05, 4.69) is 16.0 Å². The van der Waals surface area contributed by atoms with Gasteiger partial charge in [-0.1, -0.05) is 55.8 Å². The predicted molar refractivity (Wildman–Crippen MR) is 141 cm³/mol. The number of benzene rings is 1. The Bertz CT molecular complexity index is 802. The minimum Gasteiger partial charge on any atom is -0.363 e. The van der Waals surface area contributed by atoms with Gasteiger partial charge in [-0.2, -0.15) is 0 Å². The zero-order valence-corrected chi connectivity index (χ0v) is 22.1. The van der Waals surface area contributed by atoms with Gasteiger partial charge in [0.25, 0.3) is 0 Å². The second-order valence-electron chi connectivity index (χ2n) is 10.0. The Morgan fingerprint density at radius 1 is 1.17 bits per heavy atom. The highest BCUT2D eigenvalue weighted by Gasteiger charge is 2.32. The average Bonchev–Trinajstić information content (AvgIpc) is 2.85. The SMILES string of the molecule is CCNC(=O)CO[C@@H](c1cccc(Cl)c1)[C@@H]1CCCN(C(=O)NC(CNC)CC2CCCCC2)C1. The van der Waals surface area contributed by atoms with Crippen molar-refractivity contribution in [1.82, 2.24) is 20.9 Å². The molecule has 2 aliphatic rings. The number of amides is 3. The van der Waals surface area contributed by atoms with Crippen LogP contribution < -0.4 is 16.0 Å².